The summed E-state index contributed by atoms with van der Waals surface area (Å²) in [5.41, 5.74) is 6.11. The number of nitrogens with two attached hydrogens (primary N) is 1. The van der Waals surface area contributed by atoms with Crippen molar-refractivity contribution in [2.24, 2.45) is 5.73 Å². The zero-order chi connectivity index (χ0) is 19.6. The number of ether oxygens (including phenoxy) is 4. The van der Waals surface area contributed by atoms with Crippen LogP contribution in [0.1, 0.15) is 27.7 Å². The number of nitrogens with one attached hydrogen (secondary N) is 1. The van der Waals surface area contributed by atoms with Crippen LogP contribution in [-0.4, -0.2) is 89.1 Å². The van der Waals surface area contributed by atoms with Gasteiger partial charge in [0, 0.05) is 13.5 Å². The topological polar surface area (TPSA) is 153 Å². The van der Waals surface area contributed by atoms with E-state index in [0.29, 0.717) is 0 Å². The van der Waals surface area contributed by atoms with E-state index >= 15 is 0 Å². The van der Waals surface area contributed by atoms with E-state index in [0.717, 1.165) is 0 Å². The number of carbonyl (C=O) groups is 1. The molecule has 2 saturated heterocycles. The Balaban J connectivity index is 1.91. The van der Waals surface area contributed by atoms with Crippen LogP contribution < -0.4 is 11.1 Å². The minimum Gasteiger partial charge on any atom is -0.388 e. The van der Waals surface area contributed by atoms with Crippen LogP contribution in [0.4, 0.5) is 0 Å². The highest BCUT2D eigenvalue weighted by molar-refractivity contribution is 5.72. The third-order valence-electron chi connectivity index (χ3n) is 4.45. The standard InChI is InChI=1S/C16H30N2O8/c1-7-14(26-16(3,4)25-7)9(17)6-23-15-13(22)12(21)11(20)10(24-15)5-18-8(2)19/h7,9-15,20-22H,5-6,17H2,1-4H3,(H,18,19)/t7-,9+,10?,11?,12?,13?,14-,15?/m1/s1. The fourth-order valence-electron chi connectivity index (χ4n) is 3.17. The molecule has 8 atom stereocenters. The lowest BCUT2D eigenvalue weighted by molar-refractivity contribution is -0.297. The summed E-state index contributed by atoms with van der Waals surface area (Å²) < 4.78 is 22.4. The molecule has 2 rings (SSSR count). The van der Waals surface area contributed by atoms with Crippen LogP contribution in [0.2, 0.25) is 0 Å². The molecule has 10 heteroatoms. The third-order valence-corrected chi connectivity index (χ3v) is 4.45. The highest BCUT2D eigenvalue weighted by atomic mass is 16.8. The first kappa shape index (κ1) is 21.5. The van der Waals surface area contributed by atoms with Crippen LogP contribution in [0.5, 0.6) is 0 Å². The van der Waals surface area contributed by atoms with Gasteiger partial charge in [-0.2, -0.15) is 0 Å². The van der Waals surface area contributed by atoms with Crippen LogP contribution in [0.25, 0.3) is 0 Å². The number of aliphatic hydroxyl groups is 3. The molecular formula is C16H30N2O8. The summed E-state index contributed by atoms with van der Waals surface area (Å²) in [4.78, 5) is 11.0. The first-order chi connectivity index (χ1) is 12.0. The molecular weight excluding hydrogens is 348 g/mol. The zero-order valence-corrected chi connectivity index (χ0v) is 15.5. The van der Waals surface area contributed by atoms with Crippen LogP contribution in [0, 0.1) is 0 Å². The summed E-state index contributed by atoms with van der Waals surface area (Å²) in [5, 5.41) is 32.5. The molecule has 0 aliphatic carbocycles. The molecule has 5 unspecified atom stereocenters. The van der Waals surface area contributed by atoms with Gasteiger partial charge in [-0.3, -0.25) is 4.79 Å². The van der Waals surface area contributed by atoms with Crippen LogP contribution >= 0.6 is 0 Å². The second-order valence-corrected chi connectivity index (χ2v) is 7.25. The molecule has 0 aromatic heterocycles. The Hall–Kier alpha value is -0.850. The van der Waals surface area contributed by atoms with Crippen molar-refractivity contribution in [3.05, 3.63) is 0 Å². The molecule has 0 radical (unpaired) electrons. The minimum absolute atomic E-state index is 0.0220. The fourth-order valence-corrected chi connectivity index (χ4v) is 3.17. The molecule has 0 spiro atoms. The highest BCUT2D eigenvalue weighted by Crippen LogP contribution is 2.29. The third kappa shape index (κ3) is 5.11. The molecule has 0 aromatic rings. The van der Waals surface area contributed by atoms with Gasteiger partial charge in [-0.05, 0) is 20.8 Å². The Kier molecular flexibility index (Phi) is 6.97. The number of carbonyl (C=O) groups excluding carboxylic acids is 1. The van der Waals surface area contributed by atoms with E-state index in [4.69, 9.17) is 24.7 Å². The molecule has 0 bridgehead atoms. The smallest absolute Gasteiger partial charge is 0.216 e. The highest BCUT2D eigenvalue weighted by Gasteiger charge is 2.46. The summed E-state index contributed by atoms with van der Waals surface area (Å²) in [7, 11) is 0. The lowest BCUT2D eigenvalue weighted by atomic mass is 9.98. The second kappa shape index (κ2) is 8.44. The SMILES string of the molecule is CC(=O)NCC1OC(OC[C@H](N)[C@@H]2OC(C)(C)O[C@@H]2C)C(O)C(O)C1O. The predicted molar refractivity (Wildman–Crippen MR) is 88.8 cm³/mol. The first-order valence-electron chi connectivity index (χ1n) is 8.68. The normalized spacial score (nSPS) is 41.0. The van der Waals surface area contributed by atoms with Gasteiger partial charge in [0.2, 0.25) is 5.91 Å². The summed E-state index contributed by atoms with van der Waals surface area (Å²) in [5.74, 6) is -1.05. The number of amides is 1. The lowest BCUT2D eigenvalue weighted by Gasteiger charge is -2.40. The fraction of sp³-hybridized carbons (Fsp3) is 0.938. The molecule has 2 heterocycles. The molecule has 2 fully saturated rings. The zero-order valence-electron chi connectivity index (χ0n) is 15.5. The molecule has 152 valence electrons. The average molecular weight is 378 g/mol. The van der Waals surface area contributed by atoms with Crippen LogP contribution in [0.3, 0.4) is 0 Å². The van der Waals surface area contributed by atoms with Crippen LogP contribution in [-0.2, 0) is 23.7 Å². The molecule has 6 N–H and O–H groups in total. The number of hydrogen-bond donors (Lipinski definition) is 5. The number of aliphatic hydroxyl groups excluding tert-OH is 3. The molecule has 1 amide bonds. The van der Waals surface area contributed by atoms with Gasteiger partial charge in [-0.1, -0.05) is 0 Å². The summed E-state index contributed by atoms with van der Waals surface area (Å²) in [6, 6.07) is -0.555. The van der Waals surface area contributed by atoms with Crippen molar-refractivity contribution in [3.8, 4) is 0 Å². The van der Waals surface area contributed by atoms with Gasteiger partial charge in [-0.25, -0.2) is 0 Å². The van der Waals surface area contributed by atoms with Gasteiger partial charge in [0.15, 0.2) is 12.1 Å². The van der Waals surface area contributed by atoms with Crippen molar-refractivity contribution in [3.63, 3.8) is 0 Å². The van der Waals surface area contributed by atoms with Crippen molar-refractivity contribution in [2.75, 3.05) is 13.2 Å². The molecule has 0 saturated carbocycles. The van der Waals surface area contributed by atoms with Crippen molar-refractivity contribution in [2.45, 2.75) is 82.4 Å². The molecule has 2 aliphatic heterocycles. The van der Waals surface area contributed by atoms with Gasteiger partial charge in [-0.15, -0.1) is 0 Å². The van der Waals surface area contributed by atoms with Gasteiger partial charge >= 0.3 is 0 Å². The monoisotopic (exact) mass is 378 g/mol. The van der Waals surface area contributed by atoms with Gasteiger partial charge in [0.25, 0.3) is 0 Å². The Bertz CT molecular complexity index is 491. The Labute approximate surface area is 152 Å². The van der Waals surface area contributed by atoms with Crippen molar-refractivity contribution in [1.82, 2.24) is 5.32 Å². The minimum atomic E-state index is -1.48. The predicted octanol–water partition coefficient (Wildman–Crippen LogP) is -2.19. The van der Waals surface area contributed by atoms with E-state index in [9.17, 15) is 20.1 Å². The van der Waals surface area contributed by atoms with E-state index in [1.165, 1.54) is 6.92 Å². The molecule has 10 nitrogen and oxygen atoms in total. The Morgan fingerprint density at radius 2 is 1.88 bits per heavy atom. The van der Waals surface area contributed by atoms with E-state index in [1.54, 1.807) is 13.8 Å². The lowest BCUT2D eigenvalue weighted by Crippen LogP contribution is -2.61. The number of hydrogen-bond acceptors (Lipinski definition) is 9. The molecule has 2 aliphatic rings. The maximum Gasteiger partial charge on any atom is 0.216 e. The van der Waals surface area contributed by atoms with Crippen molar-refractivity contribution >= 4 is 5.91 Å². The van der Waals surface area contributed by atoms with Crippen molar-refractivity contribution < 1.29 is 39.1 Å². The Morgan fingerprint density at radius 1 is 1.23 bits per heavy atom. The maximum atomic E-state index is 11.0. The largest absolute Gasteiger partial charge is 0.388 e. The second-order valence-electron chi connectivity index (χ2n) is 7.25. The van der Waals surface area contributed by atoms with Crippen molar-refractivity contribution in [1.29, 1.82) is 0 Å². The summed E-state index contributed by atoms with van der Waals surface area (Å²) in [6.07, 6.45) is -7.07. The van der Waals surface area contributed by atoms with Gasteiger partial charge < -0.3 is 45.3 Å². The van der Waals surface area contributed by atoms with Gasteiger partial charge in [0.05, 0.1) is 18.8 Å². The Morgan fingerprint density at radius 3 is 2.42 bits per heavy atom. The average Bonchev–Trinajstić information content (AvgIpc) is 2.83. The van der Waals surface area contributed by atoms with Crippen LogP contribution in [0.15, 0.2) is 0 Å². The number of rotatable bonds is 6. The summed E-state index contributed by atoms with van der Waals surface area (Å²) in [6.45, 7) is 6.68. The molecule has 0 aromatic carbocycles. The van der Waals surface area contributed by atoms with E-state index in [-0.39, 0.29) is 25.2 Å². The van der Waals surface area contributed by atoms with E-state index in [2.05, 4.69) is 5.32 Å². The summed E-state index contributed by atoms with van der Waals surface area (Å²) >= 11 is 0. The first-order valence-corrected chi connectivity index (χ1v) is 8.68. The van der Waals surface area contributed by atoms with E-state index < -0.39 is 48.6 Å². The molecule has 26 heavy (non-hydrogen) atoms. The maximum absolute atomic E-state index is 11.0. The van der Waals surface area contributed by atoms with Gasteiger partial charge in [0.1, 0.15) is 30.5 Å². The van der Waals surface area contributed by atoms with E-state index in [1.807, 2.05) is 6.92 Å². The quantitative estimate of drug-likeness (QED) is 0.347.